The number of carboxylic acid groups (broad SMARTS) is 1. The Morgan fingerprint density at radius 2 is 2.54 bits per heavy atom. The van der Waals surface area contributed by atoms with Crippen LogP contribution in [0.25, 0.3) is 0 Å². The fourth-order valence-corrected chi connectivity index (χ4v) is 2.31. The highest BCUT2D eigenvalue weighted by atomic mass is 32.2. The first-order chi connectivity index (χ1) is 6.16. The smallest absolute Gasteiger partial charge is 0.352 e. The normalized spacial score (nSPS) is 20.5. The van der Waals surface area contributed by atoms with E-state index in [1.807, 2.05) is 0 Å². The number of H-pyrrole nitrogens is 1. The summed E-state index contributed by atoms with van der Waals surface area (Å²) in [5, 5.41) is 12.4. The van der Waals surface area contributed by atoms with E-state index in [1.165, 1.54) is 0 Å². The molecule has 0 radical (unpaired) electrons. The molecule has 0 aromatic carbocycles. The van der Waals surface area contributed by atoms with Crippen LogP contribution in [0.1, 0.15) is 17.4 Å². The number of nitrogens with one attached hydrogen (secondary N) is 2. The number of fused-ring (bicyclic) bond motifs is 1. The molecule has 1 aromatic heterocycles. The van der Waals surface area contributed by atoms with Gasteiger partial charge in [0.05, 0.1) is 4.90 Å². The Kier molecular flexibility index (Phi) is 1.95. The largest absolute Gasteiger partial charge is 0.477 e. The minimum Gasteiger partial charge on any atom is -0.477 e. The SMILES string of the molecule is CC1CNc2[nH]c(C(=O)O)cc2S1. The number of aromatic nitrogens is 1. The minimum atomic E-state index is -0.913. The molecule has 4 nitrogen and oxygen atoms in total. The van der Waals surface area contributed by atoms with Crippen molar-refractivity contribution in [1.29, 1.82) is 0 Å². The van der Waals surface area contributed by atoms with Crippen molar-refractivity contribution in [2.75, 3.05) is 11.9 Å². The summed E-state index contributed by atoms with van der Waals surface area (Å²) in [4.78, 5) is 14.5. The lowest BCUT2D eigenvalue weighted by Gasteiger charge is -2.18. The predicted molar refractivity (Wildman–Crippen MR) is 51.6 cm³/mol. The van der Waals surface area contributed by atoms with Gasteiger partial charge in [0.2, 0.25) is 0 Å². The molecule has 3 N–H and O–H groups in total. The second-order valence-electron chi connectivity index (χ2n) is 3.04. The standard InChI is InChI=1S/C8H10N2O2S/c1-4-3-9-7-6(13-4)2-5(10-7)8(11)12/h2,4,9-10H,3H2,1H3,(H,11,12). The molecule has 13 heavy (non-hydrogen) atoms. The van der Waals surface area contributed by atoms with Gasteiger partial charge in [-0.25, -0.2) is 4.79 Å². The second-order valence-corrected chi connectivity index (χ2v) is 4.52. The summed E-state index contributed by atoms with van der Waals surface area (Å²) in [6.07, 6.45) is 0. The van der Waals surface area contributed by atoms with Crippen molar-refractivity contribution in [3.8, 4) is 0 Å². The maximum Gasteiger partial charge on any atom is 0.352 e. The van der Waals surface area contributed by atoms with E-state index < -0.39 is 5.97 Å². The molecule has 0 bridgehead atoms. The quantitative estimate of drug-likeness (QED) is 0.641. The van der Waals surface area contributed by atoms with Crippen molar-refractivity contribution < 1.29 is 9.90 Å². The fraction of sp³-hybridized carbons (Fsp3) is 0.375. The molecular weight excluding hydrogens is 188 g/mol. The molecule has 1 aliphatic heterocycles. The molecule has 5 heteroatoms. The Balaban J connectivity index is 2.33. The first kappa shape index (κ1) is 8.50. The summed E-state index contributed by atoms with van der Waals surface area (Å²) < 4.78 is 0. The zero-order valence-corrected chi connectivity index (χ0v) is 7.94. The first-order valence-electron chi connectivity index (χ1n) is 4.03. The van der Waals surface area contributed by atoms with Gasteiger partial charge in [0.1, 0.15) is 11.5 Å². The Morgan fingerprint density at radius 3 is 3.23 bits per heavy atom. The summed E-state index contributed by atoms with van der Waals surface area (Å²) >= 11 is 1.69. The fourth-order valence-electron chi connectivity index (χ4n) is 1.28. The van der Waals surface area contributed by atoms with Gasteiger partial charge in [-0.1, -0.05) is 6.92 Å². The molecule has 1 unspecified atom stereocenters. The number of thioether (sulfide) groups is 1. The molecule has 1 aliphatic rings. The van der Waals surface area contributed by atoms with Crippen LogP contribution >= 0.6 is 11.8 Å². The van der Waals surface area contributed by atoms with Gasteiger partial charge >= 0.3 is 5.97 Å². The monoisotopic (exact) mass is 198 g/mol. The van der Waals surface area contributed by atoms with Gasteiger partial charge in [-0.15, -0.1) is 11.8 Å². The van der Waals surface area contributed by atoms with Crippen LogP contribution in [0, 0.1) is 0 Å². The number of hydrogen-bond donors (Lipinski definition) is 3. The molecule has 0 saturated heterocycles. The van der Waals surface area contributed by atoms with Gasteiger partial charge in [-0.2, -0.15) is 0 Å². The highest BCUT2D eigenvalue weighted by Gasteiger charge is 2.19. The number of hydrogen-bond acceptors (Lipinski definition) is 3. The van der Waals surface area contributed by atoms with E-state index >= 15 is 0 Å². The highest BCUT2D eigenvalue weighted by molar-refractivity contribution is 8.00. The van der Waals surface area contributed by atoms with Crippen LogP contribution in [0.2, 0.25) is 0 Å². The van der Waals surface area contributed by atoms with Crippen LogP contribution in [0.4, 0.5) is 5.82 Å². The number of carbonyl (C=O) groups is 1. The van der Waals surface area contributed by atoms with Crippen molar-refractivity contribution in [3.05, 3.63) is 11.8 Å². The van der Waals surface area contributed by atoms with Crippen LogP contribution in [0.3, 0.4) is 0 Å². The van der Waals surface area contributed by atoms with Gasteiger partial charge in [0, 0.05) is 11.8 Å². The molecule has 0 fully saturated rings. The van der Waals surface area contributed by atoms with Crippen molar-refractivity contribution in [1.82, 2.24) is 4.98 Å². The molecule has 1 atom stereocenters. The Bertz CT molecular complexity index is 348. The molecular formula is C8H10N2O2S. The summed E-state index contributed by atoms with van der Waals surface area (Å²) in [6.45, 7) is 2.98. The van der Waals surface area contributed by atoms with Crippen molar-refractivity contribution in [2.24, 2.45) is 0 Å². The first-order valence-corrected chi connectivity index (χ1v) is 4.91. The predicted octanol–water partition coefficient (Wildman–Crippen LogP) is 1.62. The summed E-state index contributed by atoms with van der Waals surface area (Å²) in [5.74, 6) is -0.0787. The zero-order valence-electron chi connectivity index (χ0n) is 7.13. The van der Waals surface area contributed by atoms with Gasteiger partial charge in [0.25, 0.3) is 0 Å². The summed E-state index contributed by atoms with van der Waals surface area (Å²) in [7, 11) is 0. The molecule has 0 spiro atoms. The molecule has 1 aromatic rings. The van der Waals surface area contributed by atoms with Gasteiger partial charge in [0.15, 0.2) is 0 Å². The summed E-state index contributed by atoms with van der Waals surface area (Å²) in [6, 6.07) is 1.67. The molecule has 0 amide bonds. The Labute approximate surface area is 79.7 Å². The lowest BCUT2D eigenvalue weighted by molar-refractivity contribution is 0.0691. The van der Waals surface area contributed by atoms with E-state index in [4.69, 9.17) is 5.11 Å². The van der Waals surface area contributed by atoms with Gasteiger partial charge in [-0.05, 0) is 6.07 Å². The zero-order chi connectivity index (χ0) is 9.42. The van der Waals surface area contributed by atoms with Crippen LogP contribution in [-0.4, -0.2) is 27.9 Å². The third-order valence-corrected chi connectivity index (χ3v) is 3.05. The number of anilines is 1. The van der Waals surface area contributed by atoms with E-state index in [0.29, 0.717) is 5.25 Å². The molecule has 2 rings (SSSR count). The number of aromatic carboxylic acids is 1. The Morgan fingerprint density at radius 1 is 1.77 bits per heavy atom. The van der Waals surface area contributed by atoms with Crippen LogP contribution in [0.5, 0.6) is 0 Å². The molecule has 70 valence electrons. The minimum absolute atomic E-state index is 0.249. The Hall–Kier alpha value is -1.10. The van der Waals surface area contributed by atoms with Crippen LogP contribution < -0.4 is 5.32 Å². The van der Waals surface area contributed by atoms with E-state index in [2.05, 4.69) is 17.2 Å². The van der Waals surface area contributed by atoms with E-state index in [9.17, 15) is 4.79 Å². The van der Waals surface area contributed by atoms with Gasteiger partial charge < -0.3 is 15.4 Å². The molecule has 0 aliphatic carbocycles. The molecule has 0 saturated carbocycles. The van der Waals surface area contributed by atoms with Crippen LogP contribution in [0.15, 0.2) is 11.0 Å². The highest BCUT2D eigenvalue weighted by Crippen LogP contribution is 2.34. The maximum atomic E-state index is 10.6. The average molecular weight is 198 g/mol. The lowest BCUT2D eigenvalue weighted by Crippen LogP contribution is -2.17. The maximum absolute atomic E-state index is 10.6. The average Bonchev–Trinajstić information content (AvgIpc) is 2.46. The van der Waals surface area contributed by atoms with Crippen molar-refractivity contribution in [2.45, 2.75) is 17.1 Å². The van der Waals surface area contributed by atoms with Crippen LogP contribution in [-0.2, 0) is 0 Å². The summed E-state index contributed by atoms with van der Waals surface area (Å²) in [5.41, 5.74) is 0.249. The topological polar surface area (TPSA) is 65.1 Å². The second kappa shape index (κ2) is 2.99. The lowest BCUT2D eigenvalue weighted by atomic mass is 10.4. The van der Waals surface area contributed by atoms with Gasteiger partial charge in [-0.3, -0.25) is 0 Å². The van der Waals surface area contributed by atoms with Crippen molar-refractivity contribution in [3.63, 3.8) is 0 Å². The third-order valence-electron chi connectivity index (χ3n) is 1.91. The third kappa shape index (κ3) is 1.51. The number of rotatable bonds is 1. The van der Waals surface area contributed by atoms with E-state index in [0.717, 1.165) is 17.3 Å². The van der Waals surface area contributed by atoms with E-state index in [1.54, 1.807) is 17.8 Å². The van der Waals surface area contributed by atoms with E-state index in [-0.39, 0.29) is 5.69 Å². The number of carboxylic acids is 1. The molecule has 2 heterocycles. The van der Waals surface area contributed by atoms with Crippen molar-refractivity contribution >= 4 is 23.5 Å². The number of aromatic amines is 1.